The number of carbonyl (C=O) groups is 1. The highest BCUT2D eigenvalue weighted by Crippen LogP contribution is 2.30. The number of benzene rings is 2. The molecule has 9 nitrogen and oxygen atoms in total. The number of fused-ring (bicyclic) bond motifs is 1. The van der Waals surface area contributed by atoms with Crippen molar-refractivity contribution in [3.8, 4) is 5.69 Å². The van der Waals surface area contributed by atoms with Gasteiger partial charge in [-0.15, -0.1) is 0 Å². The molecular weight excluding hydrogens is 504 g/mol. The molecular formula is C28H24N4O5S. The Hall–Kier alpha value is -4.57. The molecule has 192 valence electrons. The van der Waals surface area contributed by atoms with Crippen LogP contribution in [0.25, 0.3) is 11.8 Å². The Labute approximate surface area is 221 Å². The standard InChI is InChI=1S/C28H24N4O5S/c1-17(2)37-27(34)24-18(3)29-28-31(25(24)19-9-5-4-6-10-19)26(33)23(38-28)16-21-13-8-14-30(21)20-11-7-12-22(15-20)32(35)36/h4-17,25H,1-3H3. The van der Waals surface area contributed by atoms with Gasteiger partial charge in [-0.3, -0.25) is 19.5 Å². The number of esters is 1. The largest absolute Gasteiger partial charge is 0.459 e. The zero-order valence-corrected chi connectivity index (χ0v) is 21.7. The van der Waals surface area contributed by atoms with Crippen molar-refractivity contribution in [1.29, 1.82) is 0 Å². The predicted molar refractivity (Wildman–Crippen MR) is 144 cm³/mol. The second kappa shape index (κ2) is 10.1. The summed E-state index contributed by atoms with van der Waals surface area (Å²) >= 11 is 1.22. The Morgan fingerprint density at radius 3 is 2.61 bits per heavy atom. The number of hydrogen-bond donors (Lipinski definition) is 0. The van der Waals surface area contributed by atoms with Gasteiger partial charge in [0.2, 0.25) is 0 Å². The highest BCUT2D eigenvalue weighted by molar-refractivity contribution is 7.07. The third-order valence-corrected chi connectivity index (χ3v) is 7.06. The van der Waals surface area contributed by atoms with Gasteiger partial charge in [0.1, 0.15) is 0 Å². The summed E-state index contributed by atoms with van der Waals surface area (Å²) in [6, 6.07) is 18.6. The van der Waals surface area contributed by atoms with E-state index in [0.29, 0.717) is 32.0 Å². The van der Waals surface area contributed by atoms with Crippen LogP contribution in [0.4, 0.5) is 5.69 Å². The van der Waals surface area contributed by atoms with E-state index in [-0.39, 0.29) is 17.4 Å². The average molecular weight is 529 g/mol. The third kappa shape index (κ3) is 4.61. The molecule has 0 fully saturated rings. The zero-order chi connectivity index (χ0) is 27.0. The van der Waals surface area contributed by atoms with Crippen LogP contribution < -0.4 is 14.9 Å². The molecule has 0 N–H and O–H groups in total. The van der Waals surface area contributed by atoms with Gasteiger partial charge in [-0.25, -0.2) is 9.79 Å². The molecule has 10 heteroatoms. The van der Waals surface area contributed by atoms with E-state index in [1.807, 2.05) is 36.4 Å². The van der Waals surface area contributed by atoms with Crippen LogP contribution in [0.15, 0.2) is 94.0 Å². The molecule has 1 aliphatic rings. The monoisotopic (exact) mass is 528 g/mol. The molecule has 0 saturated heterocycles. The van der Waals surface area contributed by atoms with Crippen molar-refractivity contribution in [3.05, 3.63) is 125 Å². The second-order valence-electron chi connectivity index (χ2n) is 9.03. The quantitative estimate of drug-likeness (QED) is 0.214. The molecule has 0 aliphatic carbocycles. The van der Waals surface area contributed by atoms with Crippen molar-refractivity contribution < 1.29 is 14.5 Å². The van der Waals surface area contributed by atoms with Crippen molar-refractivity contribution >= 4 is 29.1 Å². The van der Waals surface area contributed by atoms with Gasteiger partial charge in [0.25, 0.3) is 11.2 Å². The number of nitro benzene ring substituents is 1. The summed E-state index contributed by atoms with van der Waals surface area (Å²) in [5, 5.41) is 11.3. The molecule has 0 radical (unpaired) electrons. The molecule has 0 bridgehead atoms. The summed E-state index contributed by atoms with van der Waals surface area (Å²) in [4.78, 5) is 42.9. The Balaban J connectivity index is 1.67. The Kier molecular flexibility index (Phi) is 6.64. The molecule has 0 amide bonds. The average Bonchev–Trinajstić information content (AvgIpc) is 3.47. The highest BCUT2D eigenvalue weighted by atomic mass is 32.1. The number of thiazole rings is 1. The minimum absolute atomic E-state index is 0.0272. The lowest BCUT2D eigenvalue weighted by molar-refractivity contribution is -0.384. The summed E-state index contributed by atoms with van der Waals surface area (Å²) < 4.78 is 9.25. The molecule has 2 aromatic heterocycles. The number of carbonyl (C=O) groups excluding carboxylic acids is 1. The van der Waals surface area contributed by atoms with Crippen LogP contribution >= 0.6 is 11.3 Å². The number of nitrogens with zero attached hydrogens (tertiary/aromatic N) is 4. The van der Waals surface area contributed by atoms with Crippen molar-refractivity contribution in [1.82, 2.24) is 9.13 Å². The van der Waals surface area contributed by atoms with Gasteiger partial charge in [-0.05, 0) is 50.6 Å². The first-order valence-electron chi connectivity index (χ1n) is 11.9. The van der Waals surface area contributed by atoms with Gasteiger partial charge < -0.3 is 9.30 Å². The van der Waals surface area contributed by atoms with E-state index in [4.69, 9.17) is 4.74 Å². The summed E-state index contributed by atoms with van der Waals surface area (Å²) in [7, 11) is 0. The van der Waals surface area contributed by atoms with Crippen LogP contribution in [-0.4, -0.2) is 26.1 Å². The van der Waals surface area contributed by atoms with E-state index in [1.165, 1.54) is 28.0 Å². The highest BCUT2D eigenvalue weighted by Gasteiger charge is 2.33. The lowest BCUT2D eigenvalue weighted by Crippen LogP contribution is -2.40. The molecule has 3 heterocycles. The van der Waals surface area contributed by atoms with Gasteiger partial charge in [0.05, 0.1) is 38.6 Å². The van der Waals surface area contributed by atoms with Crippen LogP contribution in [-0.2, 0) is 9.53 Å². The molecule has 1 unspecified atom stereocenters. The molecule has 1 aliphatic heterocycles. The molecule has 38 heavy (non-hydrogen) atoms. The first-order chi connectivity index (χ1) is 18.2. The van der Waals surface area contributed by atoms with E-state index >= 15 is 0 Å². The number of hydrogen-bond acceptors (Lipinski definition) is 7. The summed E-state index contributed by atoms with van der Waals surface area (Å²) in [5.74, 6) is -0.510. The number of rotatable bonds is 6. The smallest absolute Gasteiger partial charge is 0.338 e. The van der Waals surface area contributed by atoms with Crippen LogP contribution in [0, 0.1) is 10.1 Å². The molecule has 1 atom stereocenters. The lowest BCUT2D eigenvalue weighted by Gasteiger charge is -2.25. The van der Waals surface area contributed by atoms with Gasteiger partial charge in [-0.1, -0.05) is 47.7 Å². The maximum absolute atomic E-state index is 13.8. The van der Waals surface area contributed by atoms with Gasteiger partial charge in [-0.2, -0.15) is 0 Å². The summed E-state index contributed by atoms with van der Waals surface area (Å²) in [6.07, 6.45) is 3.18. The van der Waals surface area contributed by atoms with E-state index in [2.05, 4.69) is 4.99 Å². The first-order valence-corrected chi connectivity index (χ1v) is 12.8. The first kappa shape index (κ1) is 25.1. The lowest BCUT2D eigenvalue weighted by atomic mass is 9.96. The van der Waals surface area contributed by atoms with Crippen molar-refractivity contribution in [2.45, 2.75) is 32.9 Å². The maximum atomic E-state index is 13.8. The topological polar surface area (TPSA) is 109 Å². The fourth-order valence-corrected chi connectivity index (χ4v) is 5.48. The molecule has 2 aromatic carbocycles. The van der Waals surface area contributed by atoms with Crippen molar-refractivity contribution in [2.75, 3.05) is 0 Å². The normalized spacial score (nSPS) is 15.4. The van der Waals surface area contributed by atoms with E-state index in [0.717, 1.165) is 5.56 Å². The molecule has 4 aromatic rings. The van der Waals surface area contributed by atoms with E-state index < -0.39 is 16.9 Å². The van der Waals surface area contributed by atoms with E-state index in [1.54, 1.807) is 55.8 Å². The van der Waals surface area contributed by atoms with Crippen LogP contribution in [0.3, 0.4) is 0 Å². The molecule has 0 spiro atoms. The maximum Gasteiger partial charge on any atom is 0.338 e. The van der Waals surface area contributed by atoms with Crippen LogP contribution in [0.1, 0.15) is 38.1 Å². The van der Waals surface area contributed by atoms with Gasteiger partial charge in [0.15, 0.2) is 4.80 Å². The Bertz CT molecular complexity index is 1760. The SMILES string of the molecule is CC1=C(C(=O)OC(C)C)C(c2ccccc2)n2c(sc(=Cc3cccn3-c3cccc([N+](=O)[O-])c3)c2=O)=N1. The third-order valence-electron chi connectivity index (χ3n) is 6.08. The number of aromatic nitrogens is 2. The van der Waals surface area contributed by atoms with Gasteiger partial charge >= 0.3 is 5.97 Å². The van der Waals surface area contributed by atoms with Gasteiger partial charge in [0, 0.05) is 24.0 Å². The van der Waals surface area contributed by atoms with Crippen molar-refractivity contribution in [2.24, 2.45) is 4.99 Å². The van der Waals surface area contributed by atoms with Crippen LogP contribution in [0.2, 0.25) is 0 Å². The minimum atomic E-state index is -0.690. The zero-order valence-electron chi connectivity index (χ0n) is 20.9. The fraction of sp³-hybridized carbons (Fsp3) is 0.179. The van der Waals surface area contributed by atoms with E-state index in [9.17, 15) is 19.7 Å². The fourth-order valence-electron chi connectivity index (χ4n) is 4.45. The number of nitro groups is 1. The predicted octanol–water partition coefficient (Wildman–Crippen LogP) is 3.89. The minimum Gasteiger partial charge on any atom is -0.459 e. The van der Waals surface area contributed by atoms with Crippen molar-refractivity contribution in [3.63, 3.8) is 0 Å². The summed E-state index contributed by atoms with van der Waals surface area (Å²) in [5.41, 5.74) is 2.53. The number of allylic oxidation sites excluding steroid dienone is 1. The Morgan fingerprint density at radius 1 is 1.13 bits per heavy atom. The molecule has 5 rings (SSSR count). The second-order valence-corrected chi connectivity index (χ2v) is 10.0. The summed E-state index contributed by atoms with van der Waals surface area (Å²) in [6.45, 7) is 5.30. The number of ether oxygens (including phenoxy) is 1. The Morgan fingerprint density at radius 2 is 1.89 bits per heavy atom. The molecule has 0 saturated carbocycles. The van der Waals surface area contributed by atoms with Crippen LogP contribution in [0.5, 0.6) is 0 Å². The number of non-ortho nitro benzene ring substituents is 1.